The lowest BCUT2D eigenvalue weighted by Crippen LogP contribution is -2.52. The summed E-state index contributed by atoms with van der Waals surface area (Å²) in [5.41, 5.74) is 3.38. The highest BCUT2D eigenvalue weighted by atomic mass is 16.5. The number of alkyl carbamates (subject to hydrolysis) is 1. The molecule has 0 saturated carbocycles. The van der Waals surface area contributed by atoms with Gasteiger partial charge in [0.1, 0.15) is 11.9 Å². The Labute approximate surface area is 274 Å². The number of urea groups is 1. The molecular weight excluding hydrogens is 596 g/mol. The van der Waals surface area contributed by atoms with Crippen molar-refractivity contribution in [1.82, 2.24) is 20.9 Å². The molecule has 2 heterocycles. The number of pyridine rings is 1. The summed E-state index contributed by atoms with van der Waals surface area (Å²) in [7, 11) is 1.28. The van der Waals surface area contributed by atoms with E-state index < -0.39 is 18.1 Å². The molecule has 0 aliphatic carbocycles. The highest BCUT2D eigenvalue weighted by Gasteiger charge is 2.33. The van der Waals surface area contributed by atoms with E-state index in [1.54, 1.807) is 24.4 Å². The van der Waals surface area contributed by atoms with Crippen molar-refractivity contribution < 1.29 is 23.9 Å². The van der Waals surface area contributed by atoms with Gasteiger partial charge in [0.05, 0.1) is 19.8 Å². The number of nitrogens with zero attached hydrogens (tertiary/aromatic N) is 1. The molecule has 244 valence electrons. The van der Waals surface area contributed by atoms with Gasteiger partial charge in [-0.2, -0.15) is 0 Å². The maximum absolute atomic E-state index is 14.0. The number of nitrogens with one attached hydrogen (secondary N) is 5. The molecular formula is C36H40N6O5. The van der Waals surface area contributed by atoms with Gasteiger partial charge in [0.2, 0.25) is 5.91 Å². The van der Waals surface area contributed by atoms with Gasteiger partial charge in [-0.25, -0.2) is 14.6 Å². The molecule has 47 heavy (non-hydrogen) atoms. The summed E-state index contributed by atoms with van der Waals surface area (Å²) in [6.07, 6.45) is 2.27. The highest BCUT2D eigenvalue weighted by Crippen LogP contribution is 2.30. The lowest BCUT2D eigenvalue weighted by atomic mass is 9.84. The van der Waals surface area contributed by atoms with E-state index in [-0.39, 0.29) is 24.1 Å². The van der Waals surface area contributed by atoms with Crippen molar-refractivity contribution >= 4 is 29.5 Å². The first-order valence-electron chi connectivity index (χ1n) is 15.6. The van der Waals surface area contributed by atoms with E-state index in [4.69, 9.17) is 9.47 Å². The molecule has 1 fully saturated rings. The number of rotatable bonds is 12. The third-order valence-electron chi connectivity index (χ3n) is 7.99. The summed E-state index contributed by atoms with van der Waals surface area (Å²) in [6, 6.07) is 30.9. The van der Waals surface area contributed by atoms with Crippen LogP contribution in [0.1, 0.15) is 29.0 Å². The summed E-state index contributed by atoms with van der Waals surface area (Å²) in [4.78, 5) is 42.8. The van der Waals surface area contributed by atoms with Crippen LogP contribution in [0.15, 0.2) is 109 Å². The van der Waals surface area contributed by atoms with Crippen molar-refractivity contribution in [3.63, 3.8) is 0 Å². The number of methoxy groups -OCH3 is 1. The number of hydrogen-bond donors (Lipinski definition) is 5. The minimum atomic E-state index is -0.956. The van der Waals surface area contributed by atoms with Gasteiger partial charge in [0.15, 0.2) is 0 Å². The molecule has 1 aliphatic rings. The summed E-state index contributed by atoms with van der Waals surface area (Å²) in [5.74, 6) is -0.343. The Morgan fingerprint density at radius 1 is 0.894 bits per heavy atom. The summed E-state index contributed by atoms with van der Waals surface area (Å²) in [5, 5.41) is 14.9. The van der Waals surface area contributed by atoms with Gasteiger partial charge in [-0.1, -0.05) is 84.9 Å². The Balaban J connectivity index is 1.19. The van der Waals surface area contributed by atoms with Gasteiger partial charge in [-0.05, 0) is 47.7 Å². The van der Waals surface area contributed by atoms with E-state index >= 15 is 0 Å². The lowest BCUT2D eigenvalue weighted by Gasteiger charge is -2.31. The van der Waals surface area contributed by atoms with Crippen molar-refractivity contribution in [2.45, 2.75) is 36.9 Å². The predicted octanol–water partition coefficient (Wildman–Crippen LogP) is 4.69. The van der Waals surface area contributed by atoms with Crippen molar-refractivity contribution in [2.24, 2.45) is 0 Å². The fourth-order valence-electron chi connectivity index (χ4n) is 5.57. The van der Waals surface area contributed by atoms with Gasteiger partial charge in [-0.15, -0.1) is 0 Å². The number of amides is 4. The molecule has 3 aromatic carbocycles. The van der Waals surface area contributed by atoms with Crippen LogP contribution in [0.5, 0.6) is 0 Å². The average molecular weight is 637 g/mol. The van der Waals surface area contributed by atoms with Gasteiger partial charge >= 0.3 is 12.1 Å². The van der Waals surface area contributed by atoms with E-state index in [1.807, 2.05) is 84.9 Å². The number of morpholine rings is 1. The van der Waals surface area contributed by atoms with E-state index in [0.29, 0.717) is 37.6 Å². The molecule has 11 heteroatoms. The third-order valence-corrected chi connectivity index (χ3v) is 7.99. The Kier molecular flexibility index (Phi) is 11.9. The van der Waals surface area contributed by atoms with E-state index in [0.717, 1.165) is 23.1 Å². The minimum Gasteiger partial charge on any atom is -0.453 e. The SMILES string of the molecule is COC(=O)N[C@H](C(=O)Nc1ccccc1CC[C@@H]1CN[C@H](CNC(=O)Nc2ccccn2)CO1)C(c1ccccc1)c1ccccc1. The number of para-hydroxylation sites is 1. The van der Waals surface area contributed by atoms with Crippen molar-refractivity contribution in [1.29, 1.82) is 0 Å². The summed E-state index contributed by atoms with van der Waals surface area (Å²) < 4.78 is 11.0. The number of benzene rings is 3. The number of hydrogen-bond acceptors (Lipinski definition) is 7. The van der Waals surface area contributed by atoms with E-state index in [2.05, 4.69) is 31.6 Å². The molecule has 1 aliphatic heterocycles. The van der Waals surface area contributed by atoms with Crippen LogP contribution >= 0.6 is 0 Å². The predicted molar refractivity (Wildman–Crippen MR) is 180 cm³/mol. The number of ether oxygens (including phenoxy) is 2. The first-order valence-corrected chi connectivity index (χ1v) is 15.6. The first kappa shape index (κ1) is 33.1. The van der Waals surface area contributed by atoms with Crippen LogP contribution in [-0.2, 0) is 20.7 Å². The second-order valence-corrected chi connectivity index (χ2v) is 11.2. The minimum absolute atomic E-state index is 0.0197. The van der Waals surface area contributed by atoms with Crippen molar-refractivity contribution in [3.8, 4) is 0 Å². The number of aromatic nitrogens is 1. The topological polar surface area (TPSA) is 143 Å². The van der Waals surface area contributed by atoms with Crippen LogP contribution in [0.3, 0.4) is 0 Å². The van der Waals surface area contributed by atoms with Crippen molar-refractivity contribution in [2.75, 3.05) is 37.4 Å². The zero-order chi connectivity index (χ0) is 32.8. The molecule has 5 rings (SSSR count). The molecule has 4 amide bonds. The normalized spacial score (nSPS) is 16.5. The summed E-state index contributed by atoms with van der Waals surface area (Å²) in [6.45, 7) is 1.49. The first-order chi connectivity index (χ1) is 23.0. The fourth-order valence-corrected chi connectivity index (χ4v) is 5.57. The standard InChI is InChI=1S/C36H40N6O5/c1-46-36(45)42-33(32(26-13-4-2-5-14-26)27-15-6-3-7-16-27)34(43)40-30-17-9-8-12-25(30)19-20-29-23-38-28(24-47-29)22-39-35(44)41-31-18-10-11-21-37-31/h2-18,21,28-29,32-33,38H,19-20,22-24H2,1H3,(H,40,43)(H,42,45)(H2,37,39,41,44)/t28-,29-,33+/m1/s1. The molecule has 0 bridgehead atoms. The monoisotopic (exact) mass is 636 g/mol. The lowest BCUT2D eigenvalue weighted by molar-refractivity contribution is -0.118. The molecule has 1 saturated heterocycles. The summed E-state index contributed by atoms with van der Waals surface area (Å²) >= 11 is 0. The fraction of sp³-hybridized carbons (Fsp3) is 0.278. The zero-order valence-electron chi connectivity index (χ0n) is 26.2. The zero-order valence-corrected chi connectivity index (χ0v) is 26.2. The average Bonchev–Trinajstić information content (AvgIpc) is 3.11. The molecule has 0 radical (unpaired) electrons. The van der Waals surface area contributed by atoms with Crippen molar-refractivity contribution in [3.05, 3.63) is 126 Å². The number of aryl methyl sites for hydroxylation is 1. The van der Waals surface area contributed by atoms with Gasteiger partial charge in [0.25, 0.3) is 0 Å². The van der Waals surface area contributed by atoms with Gasteiger partial charge in [0, 0.05) is 36.9 Å². The molecule has 4 aromatic rings. The van der Waals surface area contributed by atoms with Crippen LogP contribution < -0.4 is 26.6 Å². The number of anilines is 2. The number of carbonyl (C=O) groups is 3. The van der Waals surface area contributed by atoms with Gasteiger partial charge in [-0.3, -0.25) is 10.1 Å². The Morgan fingerprint density at radius 3 is 2.21 bits per heavy atom. The number of carbonyl (C=O) groups excluding carboxylic acids is 3. The van der Waals surface area contributed by atoms with Crippen LogP contribution in [0.4, 0.5) is 21.1 Å². The Hall–Kier alpha value is -5.26. The van der Waals surface area contributed by atoms with E-state index in [1.165, 1.54) is 7.11 Å². The maximum Gasteiger partial charge on any atom is 0.407 e. The third kappa shape index (κ3) is 9.62. The molecule has 1 aromatic heterocycles. The highest BCUT2D eigenvalue weighted by molar-refractivity contribution is 5.98. The smallest absolute Gasteiger partial charge is 0.407 e. The van der Waals surface area contributed by atoms with E-state index in [9.17, 15) is 14.4 Å². The van der Waals surface area contributed by atoms with Gasteiger partial charge < -0.3 is 30.7 Å². The Morgan fingerprint density at radius 2 is 1.57 bits per heavy atom. The maximum atomic E-state index is 14.0. The molecule has 0 spiro atoms. The second-order valence-electron chi connectivity index (χ2n) is 11.2. The quantitative estimate of drug-likeness (QED) is 0.152. The molecule has 0 unspecified atom stereocenters. The molecule has 5 N–H and O–H groups in total. The van der Waals surface area contributed by atoms with Crippen LogP contribution in [-0.4, -0.2) is 68.0 Å². The van der Waals surface area contributed by atoms with Crippen LogP contribution in [0.25, 0.3) is 0 Å². The molecule has 11 nitrogen and oxygen atoms in total. The van der Waals surface area contributed by atoms with Crippen LogP contribution in [0, 0.1) is 0 Å². The second kappa shape index (κ2) is 16.9. The Bertz CT molecular complexity index is 1540. The van der Waals surface area contributed by atoms with Crippen LogP contribution in [0.2, 0.25) is 0 Å². The molecule has 3 atom stereocenters. The largest absolute Gasteiger partial charge is 0.453 e.